The van der Waals surface area contributed by atoms with Gasteiger partial charge in [-0.3, -0.25) is 4.98 Å². The van der Waals surface area contributed by atoms with Crippen molar-refractivity contribution in [3.05, 3.63) is 65.3 Å². The topological polar surface area (TPSA) is 84.1 Å². The molecule has 0 unspecified atom stereocenters. The molecule has 0 bridgehead atoms. The van der Waals surface area contributed by atoms with Crippen molar-refractivity contribution < 1.29 is 9.63 Å². The van der Waals surface area contributed by atoms with E-state index in [4.69, 9.17) is 4.52 Å². The lowest BCUT2D eigenvalue weighted by molar-refractivity contribution is -0.0769. The molecule has 7 heteroatoms. The van der Waals surface area contributed by atoms with Crippen molar-refractivity contribution >= 4 is 12.4 Å². The third-order valence-corrected chi connectivity index (χ3v) is 5.84. The molecular weight excluding hydrogens is 388 g/mol. The minimum atomic E-state index is -1.18. The maximum absolute atomic E-state index is 12.1. The van der Waals surface area contributed by atoms with Gasteiger partial charge in [-0.05, 0) is 23.1 Å². The van der Waals surface area contributed by atoms with Crippen LogP contribution in [0.4, 0.5) is 0 Å². The molecule has 3 heterocycles. The number of nitrogens with one attached hydrogen (secondary N) is 1. The van der Waals surface area contributed by atoms with Crippen molar-refractivity contribution in [3.8, 4) is 11.4 Å². The van der Waals surface area contributed by atoms with E-state index in [2.05, 4.69) is 53.3 Å². The smallest absolute Gasteiger partial charge is 0.223 e. The van der Waals surface area contributed by atoms with Gasteiger partial charge in [0.05, 0.1) is 0 Å². The minimum absolute atomic E-state index is 0. The lowest BCUT2D eigenvalue weighted by Gasteiger charge is -2.52. The Labute approximate surface area is 177 Å². The molecule has 1 aliphatic rings. The molecule has 1 aliphatic heterocycles. The number of benzene rings is 1. The van der Waals surface area contributed by atoms with Crippen LogP contribution in [-0.4, -0.2) is 33.3 Å². The summed E-state index contributed by atoms with van der Waals surface area (Å²) in [7, 11) is 0. The van der Waals surface area contributed by atoms with E-state index < -0.39 is 5.60 Å². The van der Waals surface area contributed by atoms with Crippen LogP contribution in [0, 0.1) is 12.3 Å². The number of aliphatic hydroxyl groups is 1. The number of aryl methyl sites for hydroxylation is 1. The maximum atomic E-state index is 12.1. The Morgan fingerprint density at radius 2 is 1.83 bits per heavy atom. The summed E-state index contributed by atoms with van der Waals surface area (Å²) in [5, 5.41) is 19.4. The molecule has 1 aromatic carbocycles. The molecule has 0 amide bonds. The fourth-order valence-corrected chi connectivity index (χ4v) is 3.91. The normalized spacial score (nSPS) is 17.3. The molecule has 1 atom stereocenters. The molecule has 154 valence electrons. The average molecular weight is 415 g/mol. The zero-order valence-electron chi connectivity index (χ0n) is 17.1. The first-order valence-corrected chi connectivity index (χ1v) is 9.63. The fraction of sp³-hybridized carbons (Fsp3) is 0.409. The van der Waals surface area contributed by atoms with Crippen molar-refractivity contribution in [1.29, 1.82) is 0 Å². The molecule has 2 N–H and O–H groups in total. The third kappa shape index (κ3) is 3.56. The van der Waals surface area contributed by atoms with Crippen LogP contribution >= 0.6 is 12.4 Å². The molecule has 1 saturated heterocycles. The largest absolute Gasteiger partial charge is 0.380 e. The summed E-state index contributed by atoms with van der Waals surface area (Å²) in [5.74, 6) is 1.41. The van der Waals surface area contributed by atoms with Gasteiger partial charge in [0.2, 0.25) is 11.7 Å². The molecule has 0 aliphatic carbocycles. The van der Waals surface area contributed by atoms with Crippen LogP contribution in [0.3, 0.4) is 0 Å². The number of hydrogen-bond donors (Lipinski definition) is 2. The lowest BCUT2D eigenvalue weighted by Crippen LogP contribution is -2.63. The molecule has 4 rings (SSSR count). The summed E-state index contributed by atoms with van der Waals surface area (Å²) in [6.07, 6.45) is 3.42. The Bertz CT molecular complexity index is 982. The summed E-state index contributed by atoms with van der Waals surface area (Å²) < 4.78 is 5.10. The Hall–Kier alpha value is -2.28. The van der Waals surface area contributed by atoms with Gasteiger partial charge in [-0.2, -0.15) is 4.98 Å². The summed E-state index contributed by atoms with van der Waals surface area (Å²) in [5.41, 5.74) is 2.03. The summed E-state index contributed by atoms with van der Waals surface area (Å²) >= 11 is 0. The van der Waals surface area contributed by atoms with Gasteiger partial charge in [0.25, 0.3) is 0 Å². The Morgan fingerprint density at radius 1 is 1.14 bits per heavy atom. The average Bonchev–Trinajstić information content (AvgIpc) is 3.12. The van der Waals surface area contributed by atoms with Crippen LogP contribution in [0.15, 0.2) is 47.2 Å². The third-order valence-electron chi connectivity index (χ3n) is 5.84. The first-order chi connectivity index (χ1) is 13.3. The van der Waals surface area contributed by atoms with Gasteiger partial charge in [0.15, 0.2) is 0 Å². The van der Waals surface area contributed by atoms with Gasteiger partial charge in [-0.25, -0.2) is 0 Å². The fourth-order valence-electron chi connectivity index (χ4n) is 3.91. The summed E-state index contributed by atoms with van der Waals surface area (Å²) in [4.78, 5) is 8.67. The number of rotatable bonds is 5. The number of nitrogens with zero attached hydrogens (tertiary/aromatic N) is 3. The molecule has 3 aromatic rings. The van der Waals surface area contributed by atoms with Crippen LogP contribution in [0.25, 0.3) is 11.4 Å². The Balaban J connectivity index is 0.00000240. The van der Waals surface area contributed by atoms with Gasteiger partial charge < -0.3 is 14.9 Å². The van der Waals surface area contributed by atoms with Crippen molar-refractivity contribution in [2.45, 2.75) is 39.2 Å². The van der Waals surface area contributed by atoms with E-state index in [0.29, 0.717) is 17.6 Å². The first-order valence-electron chi connectivity index (χ1n) is 9.63. The number of pyridine rings is 1. The monoisotopic (exact) mass is 414 g/mol. The highest BCUT2D eigenvalue weighted by molar-refractivity contribution is 5.85. The van der Waals surface area contributed by atoms with E-state index in [1.807, 2.05) is 18.2 Å². The van der Waals surface area contributed by atoms with Crippen molar-refractivity contribution in [1.82, 2.24) is 20.4 Å². The summed E-state index contributed by atoms with van der Waals surface area (Å²) in [6, 6.07) is 10.2. The Morgan fingerprint density at radius 3 is 2.34 bits per heavy atom. The molecule has 0 radical (unpaired) electrons. The van der Waals surface area contributed by atoms with E-state index in [-0.39, 0.29) is 17.8 Å². The van der Waals surface area contributed by atoms with Crippen LogP contribution in [0.1, 0.15) is 49.3 Å². The highest BCUT2D eigenvalue weighted by Crippen LogP contribution is 2.48. The van der Waals surface area contributed by atoms with Crippen LogP contribution in [-0.2, 0) is 5.60 Å². The minimum Gasteiger partial charge on any atom is -0.380 e. The zero-order chi connectivity index (χ0) is 19.9. The highest BCUT2D eigenvalue weighted by Gasteiger charge is 2.53. The van der Waals surface area contributed by atoms with E-state index >= 15 is 0 Å². The highest BCUT2D eigenvalue weighted by atomic mass is 35.5. The molecular formula is C22H27ClN4O2. The Kier molecular flexibility index (Phi) is 5.81. The van der Waals surface area contributed by atoms with Gasteiger partial charge in [-0.1, -0.05) is 50.2 Å². The predicted molar refractivity (Wildman–Crippen MR) is 114 cm³/mol. The number of aromatic nitrogens is 3. The van der Waals surface area contributed by atoms with Gasteiger partial charge in [-0.15, -0.1) is 12.4 Å². The SMILES string of the molecule is Cc1nc(-c2cncc([C@@](O)(c3ccc(C(C)C)cc3)C3(C)CNC3)c2)no1.Cl. The molecule has 0 saturated carbocycles. The van der Waals surface area contributed by atoms with E-state index in [1.54, 1.807) is 19.3 Å². The lowest BCUT2D eigenvalue weighted by atomic mass is 9.63. The summed E-state index contributed by atoms with van der Waals surface area (Å²) in [6.45, 7) is 9.63. The molecule has 29 heavy (non-hydrogen) atoms. The predicted octanol–water partition coefficient (Wildman–Crippen LogP) is 3.83. The van der Waals surface area contributed by atoms with Crippen molar-refractivity contribution in [2.24, 2.45) is 5.41 Å². The standard InChI is InChI=1S/C22H26N4O2.ClH/c1-14(2)16-5-7-18(8-6-16)22(27,21(4)12-24-13-21)19-9-17(10-23-11-19)20-25-15(3)28-26-20;/h5-11,14,24,27H,12-13H2,1-4H3;1H/t22-;/m0./s1. The van der Waals surface area contributed by atoms with Crippen LogP contribution in [0.5, 0.6) is 0 Å². The number of halogens is 1. The second kappa shape index (κ2) is 7.86. The van der Waals surface area contributed by atoms with Gasteiger partial charge >= 0.3 is 0 Å². The van der Waals surface area contributed by atoms with E-state index in [0.717, 1.165) is 29.8 Å². The van der Waals surface area contributed by atoms with Gasteiger partial charge in [0, 0.05) is 48.9 Å². The van der Waals surface area contributed by atoms with E-state index in [9.17, 15) is 5.11 Å². The van der Waals surface area contributed by atoms with E-state index in [1.165, 1.54) is 5.56 Å². The number of hydrogen-bond acceptors (Lipinski definition) is 6. The quantitative estimate of drug-likeness (QED) is 0.660. The molecule has 1 fully saturated rings. The molecule has 6 nitrogen and oxygen atoms in total. The van der Waals surface area contributed by atoms with Crippen LogP contribution < -0.4 is 5.32 Å². The molecule has 2 aromatic heterocycles. The zero-order valence-corrected chi connectivity index (χ0v) is 18.0. The second-order valence-corrected chi connectivity index (χ2v) is 8.25. The second-order valence-electron chi connectivity index (χ2n) is 8.25. The van der Waals surface area contributed by atoms with Crippen molar-refractivity contribution in [2.75, 3.05) is 13.1 Å². The van der Waals surface area contributed by atoms with Gasteiger partial charge in [0.1, 0.15) is 5.60 Å². The first kappa shape index (κ1) is 21.4. The van der Waals surface area contributed by atoms with Crippen molar-refractivity contribution in [3.63, 3.8) is 0 Å². The maximum Gasteiger partial charge on any atom is 0.223 e. The molecule has 0 spiro atoms. The van der Waals surface area contributed by atoms with Crippen LogP contribution in [0.2, 0.25) is 0 Å².